The Kier molecular flexibility index (Phi) is 3.86. The molecule has 5 nitrogen and oxygen atoms in total. The number of nitrogens with zero attached hydrogens (tertiary/aromatic N) is 2. The van der Waals surface area contributed by atoms with Crippen molar-refractivity contribution in [3.05, 3.63) is 47.8 Å². The van der Waals surface area contributed by atoms with Gasteiger partial charge in [-0.25, -0.2) is 13.5 Å². The maximum Gasteiger partial charge on any atom is 0.271 e. The minimum atomic E-state index is -0.773. The summed E-state index contributed by atoms with van der Waals surface area (Å²) in [6.07, 6.45) is 1.29. The van der Waals surface area contributed by atoms with E-state index >= 15 is 0 Å². The Morgan fingerprint density at radius 3 is 2.63 bits per heavy atom. The van der Waals surface area contributed by atoms with Crippen LogP contribution in [0.1, 0.15) is 10.5 Å². The molecule has 0 aliphatic heterocycles. The molecule has 0 atom stereocenters. The zero-order valence-corrected chi connectivity index (χ0v) is 9.81. The molecule has 0 bridgehead atoms. The quantitative estimate of drug-likeness (QED) is 0.864. The lowest BCUT2D eigenvalue weighted by Crippen LogP contribution is -2.26. The summed E-state index contributed by atoms with van der Waals surface area (Å²) in [4.78, 5) is 11.5. The maximum atomic E-state index is 13.5. The fraction of sp³-hybridized carbons (Fsp3) is 0.167. The van der Waals surface area contributed by atoms with Crippen molar-refractivity contribution in [3.63, 3.8) is 0 Å². The van der Waals surface area contributed by atoms with Crippen LogP contribution in [-0.2, 0) is 0 Å². The number of aliphatic hydroxyl groups is 1. The highest BCUT2D eigenvalue weighted by Crippen LogP contribution is 2.16. The molecule has 0 saturated carbocycles. The van der Waals surface area contributed by atoms with Crippen molar-refractivity contribution in [3.8, 4) is 5.69 Å². The predicted molar refractivity (Wildman–Crippen MR) is 62.9 cm³/mol. The number of rotatable bonds is 4. The number of hydrogen-bond donors (Lipinski definition) is 2. The average molecular weight is 267 g/mol. The molecule has 2 aromatic rings. The molecule has 2 rings (SSSR count). The van der Waals surface area contributed by atoms with Crippen molar-refractivity contribution >= 4 is 5.91 Å². The summed E-state index contributed by atoms with van der Waals surface area (Å²) in [6, 6.07) is 4.78. The zero-order chi connectivity index (χ0) is 13.8. The molecule has 1 aromatic carbocycles. The van der Waals surface area contributed by atoms with Gasteiger partial charge in [0.15, 0.2) is 17.3 Å². The summed E-state index contributed by atoms with van der Waals surface area (Å²) in [5.41, 5.74) is -0.334. The summed E-state index contributed by atoms with van der Waals surface area (Å²) in [5, 5.41) is 14.8. The molecular weight excluding hydrogens is 256 g/mol. The Hall–Kier alpha value is -2.28. The third-order valence-corrected chi connectivity index (χ3v) is 2.39. The Labute approximate surface area is 107 Å². The van der Waals surface area contributed by atoms with E-state index in [0.29, 0.717) is 0 Å². The second-order valence-electron chi connectivity index (χ2n) is 3.70. The number of benzene rings is 1. The monoisotopic (exact) mass is 267 g/mol. The van der Waals surface area contributed by atoms with E-state index in [1.807, 2.05) is 0 Å². The first-order valence-electron chi connectivity index (χ1n) is 5.52. The van der Waals surface area contributed by atoms with Gasteiger partial charge in [-0.15, -0.1) is 0 Å². The second-order valence-corrected chi connectivity index (χ2v) is 3.70. The first-order chi connectivity index (χ1) is 9.13. The smallest absolute Gasteiger partial charge is 0.271 e. The number of hydrogen-bond acceptors (Lipinski definition) is 3. The third kappa shape index (κ3) is 2.76. The normalized spacial score (nSPS) is 10.5. The molecule has 0 spiro atoms. The molecular formula is C12H11F2N3O2. The molecule has 2 N–H and O–H groups in total. The molecule has 19 heavy (non-hydrogen) atoms. The first kappa shape index (κ1) is 13.2. The summed E-state index contributed by atoms with van der Waals surface area (Å²) in [6.45, 7) is -0.117. The van der Waals surface area contributed by atoms with Gasteiger partial charge in [-0.1, -0.05) is 6.07 Å². The van der Waals surface area contributed by atoms with E-state index in [1.54, 1.807) is 0 Å². The Morgan fingerprint density at radius 1 is 1.32 bits per heavy atom. The largest absolute Gasteiger partial charge is 0.395 e. The summed E-state index contributed by atoms with van der Waals surface area (Å²) < 4.78 is 28.0. The van der Waals surface area contributed by atoms with Gasteiger partial charge in [-0.3, -0.25) is 4.79 Å². The van der Waals surface area contributed by atoms with Crippen LogP contribution in [0.15, 0.2) is 30.5 Å². The molecule has 0 aliphatic carbocycles. The highest BCUT2D eigenvalue weighted by atomic mass is 19.1. The topological polar surface area (TPSA) is 67.2 Å². The highest BCUT2D eigenvalue weighted by molar-refractivity contribution is 5.92. The number of amides is 1. The van der Waals surface area contributed by atoms with Crippen LogP contribution in [0, 0.1) is 11.6 Å². The van der Waals surface area contributed by atoms with Gasteiger partial charge < -0.3 is 10.4 Å². The lowest BCUT2D eigenvalue weighted by atomic mass is 10.3. The molecule has 1 heterocycles. The molecule has 0 saturated heterocycles. The van der Waals surface area contributed by atoms with Crippen molar-refractivity contribution in [2.24, 2.45) is 0 Å². The van der Waals surface area contributed by atoms with Gasteiger partial charge in [0.25, 0.3) is 5.91 Å². The van der Waals surface area contributed by atoms with Crippen LogP contribution in [-0.4, -0.2) is 33.9 Å². The first-order valence-corrected chi connectivity index (χ1v) is 5.52. The molecule has 0 fully saturated rings. The van der Waals surface area contributed by atoms with Gasteiger partial charge in [0.05, 0.1) is 6.61 Å². The van der Waals surface area contributed by atoms with E-state index < -0.39 is 17.5 Å². The lowest BCUT2D eigenvalue weighted by molar-refractivity contribution is 0.0939. The second kappa shape index (κ2) is 5.57. The minimum absolute atomic E-state index is 0.0103. The van der Waals surface area contributed by atoms with E-state index in [4.69, 9.17) is 5.11 Å². The van der Waals surface area contributed by atoms with Crippen molar-refractivity contribution in [1.82, 2.24) is 15.1 Å². The van der Waals surface area contributed by atoms with E-state index in [9.17, 15) is 13.6 Å². The number of aliphatic hydroxyl groups excluding tert-OH is 1. The third-order valence-electron chi connectivity index (χ3n) is 2.39. The van der Waals surface area contributed by atoms with E-state index in [2.05, 4.69) is 10.4 Å². The number of carbonyl (C=O) groups excluding carboxylic acids is 1. The summed E-state index contributed by atoms with van der Waals surface area (Å²) in [5.74, 6) is -2.07. The van der Waals surface area contributed by atoms with Gasteiger partial charge in [0.2, 0.25) is 0 Å². The Balaban J connectivity index is 2.28. The summed E-state index contributed by atoms with van der Waals surface area (Å²) in [7, 11) is 0. The highest BCUT2D eigenvalue weighted by Gasteiger charge is 2.14. The summed E-state index contributed by atoms with van der Waals surface area (Å²) >= 11 is 0. The molecule has 1 aromatic heterocycles. The molecule has 0 unspecified atom stereocenters. The van der Waals surface area contributed by atoms with Crippen molar-refractivity contribution < 1.29 is 18.7 Å². The Bertz CT molecular complexity index is 578. The molecule has 100 valence electrons. The van der Waals surface area contributed by atoms with Crippen LogP contribution in [0.2, 0.25) is 0 Å². The molecule has 0 radical (unpaired) electrons. The standard InChI is InChI=1S/C12H11F2N3O2/c13-8-2-1-3-9(14)11(8)17-6-4-10(16-17)12(19)15-5-7-18/h1-4,6,18H,5,7H2,(H,15,19). The van der Waals surface area contributed by atoms with Crippen LogP contribution in [0.25, 0.3) is 5.69 Å². The number of aromatic nitrogens is 2. The predicted octanol–water partition coefficient (Wildman–Crippen LogP) is 0.873. The average Bonchev–Trinajstić information content (AvgIpc) is 2.85. The van der Waals surface area contributed by atoms with Crippen LogP contribution < -0.4 is 5.32 Å². The number of para-hydroxylation sites is 1. The number of halogens is 2. The SMILES string of the molecule is O=C(NCCO)c1ccn(-c2c(F)cccc2F)n1. The minimum Gasteiger partial charge on any atom is -0.395 e. The fourth-order valence-electron chi connectivity index (χ4n) is 1.54. The number of carbonyl (C=O) groups is 1. The molecule has 7 heteroatoms. The fourth-order valence-corrected chi connectivity index (χ4v) is 1.54. The van der Waals surface area contributed by atoms with Crippen molar-refractivity contribution in [1.29, 1.82) is 0 Å². The van der Waals surface area contributed by atoms with Gasteiger partial charge in [-0.05, 0) is 18.2 Å². The van der Waals surface area contributed by atoms with Crippen LogP contribution in [0.3, 0.4) is 0 Å². The van der Waals surface area contributed by atoms with Crippen LogP contribution in [0.4, 0.5) is 8.78 Å². The van der Waals surface area contributed by atoms with E-state index in [0.717, 1.165) is 16.8 Å². The van der Waals surface area contributed by atoms with Gasteiger partial charge in [0, 0.05) is 12.7 Å². The Morgan fingerprint density at radius 2 is 2.00 bits per heavy atom. The van der Waals surface area contributed by atoms with Crippen molar-refractivity contribution in [2.45, 2.75) is 0 Å². The van der Waals surface area contributed by atoms with Gasteiger partial charge in [0.1, 0.15) is 5.69 Å². The number of nitrogens with one attached hydrogen (secondary N) is 1. The lowest BCUT2D eigenvalue weighted by Gasteiger charge is -2.04. The van der Waals surface area contributed by atoms with Crippen molar-refractivity contribution in [2.75, 3.05) is 13.2 Å². The van der Waals surface area contributed by atoms with Gasteiger partial charge >= 0.3 is 0 Å². The molecule has 1 amide bonds. The van der Waals surface area contributed by atoms with E-state index in [-0.39, 0.29) is 24.5 Å². The molecule has 0 aliphatic rings. The van der Waals surface area contributed by atoms with E-state index in [1.165, 1.54) is 18.3 Å². The zero-order valence-electron chi connectivity index (χ0n) is 9.81. The van der Waals surface area contributed by atoms with Crippen LogP contribution in [0.5, 0.6) is 0 Å². The maximum absolute atomic E-state index is 13.5. The van der Waals surface area contributed by atoms with Crippen LogP contribution >= 0.6 is 0 Å². The van der Waals surface area contributed by atoms with Gasteiger partial charge in [-0.2, -0.15) is 5.10 Å².